The summed E-state index contributed by atoms with van der Waals surface area (Å²) in [6.45, 7) is 5.82. The van der Waals surface area contributed by atoms with Crippen LogP contribution in [0.15, 0.2) is 24.3 Å². The van der Waals surface area contributed by atoms with Crippen LogP contribution in [0.1, 0.15) is 20.8 Å². The first kappa shape index (κ1) is 11.3. The summed E-state index contributed by atoms with van der Waals surface area (Å²) < 4.78 is 10.9. The van der Waals surface area contributed by atoms with Gasteiger partial charge in [0.2, 0.25) is 0 Å². The van der Waals surface area contributed by atoms with Gasteiger partial charge < -0.3 is 9.47 Å². The molecule has 0 heterocycles. The largest absolute Gasteiger partial charge is 0.465 e. The monoisotopic (exact) mass is 214 g/mol. The summed E-state index contributed by atoms with van der Waals surface area (Å²) in [6, 6.07) is 7.23. The Labute approximate surface area is 89.8 Å². The molecule has 78 valence electrons. The third-order valence-corrected chi connectivity index (χ3v) is 1.83. The topological polar surface area (TPSA) is 18.5 Å². The second-order valence-corrected chi connectivity index (χ2v) is 3.76. The Morgan fingerprint density at radius 1 is 1.07 bits per heavy atom. The van der Waals surface area contributed by atoms with Crippen molar-refractivity contribution < 1.29 is 9.47 Å². The highest BCUT2D eigenvalue weighted by molar-refractivity contribution is 6.30. The van der Waals surface area contributed by atoms with E-state index in [2.05, 4.69) is 0 Å². The van der Waals surface area contributed by atoms with Crippen LogP contribution in [0, 0.1) is 0 Å². The van der Waals surface area contributed by atoms with E-state index in [1.807, 2.05) is 32.9 Å². The molecule has 3 heteroatoms. The van der Waals surface area contributed by atoms with E-state index in [9.17, 15) is 0 Å². The van der Waals surface area contributed by atoms with Crippen LogP contribution in [0.4, 0.5) is 0 Å². The second-order valence-electron chi connectivity index (χ2n) is 3.32. The van der Waals surface area contributed by atoms with Gasteiger partial charge in [-0.2, -0.15) is 0 Å². The Hall–Kier alpha value is -0.730. The minimum Gasteiger partial charge on any atom is -0.465 e. The number of hydrogen-bond donors (Lipinski definition) is 0. The van der Waals surface area contributed by atoms with Crippen LogP contribution < -0.4 is 4.74 Å². The van der Waals surface area contributed by atoms with Gasteiger partial charge in [0.25, 0.3) is 0 Å². The van der Waals surface area contributed by atoms with E-state index in [0.29, 0.717) is 5.02 Å². The van der Waals surface area contributed by atoms with Crippen molar-refractivity contribution in [1.82, 2.24) is 0 Å². The van der Waals surface area contributed by atoms with Crippen LogP contribution in [0.2, 0.25) is 5.02 Å². The highest BCUT2D eigenvalue weighted by Gasteiger charge is 2.05. The van der Waals surface area contributed by atoms with Gasteiger partial charge in [-0.15, -0.1) is 0 Å². The molecule has 0 aliphatic carbocycles. The summed E-state index contributed by atoms with van der Waals surface area (Å²) in [7, 11) is 0. The second kappa shape index (κ2) is 5.23. The molecule has 0 amide bonds. The molecular formula is C11H15ClO2. The molecule has 1 rings (SSSR count). The van der Waals surface area contributed by atoms with Gasteiger partial charge in [-0.25, -0.2) is 0 Å². The number of benzene rings is 1. The van der Waals surface area contributed by atoms with E-state index >= 15 is 0 Å². The summed E-state index contributed by atoms with van der Waals surface area (Å²) >= 11 is 5.75. The molecule has 0 aliphatic heterocycles. The molecule has 0 aromatic heterocycles. The standard InChI is InChI=1S/C11H15ClO2/c1-8(2)13-9(3)14-11-6-4-10(12)5-7-11/h4-9H,1-3H3. The molecule has 0 fully saturated rings. The predicted molar refractivity (Wildman–Crippen MR) is 57.8 cm³/mol. The van der Waals surface area contributed by atoms with E-state index < -0.39 is 0 Å². The average molecular weight is 215 g/mol. The summed E-state index contributed by atoms with van der Waals surface area (Å²) in [5.41, 5.74) is 0. The minimum absolute atomic E-state index is 0.164. The molecular weight excluding hydrogens is 200 g/mol. The van der Waals surface area contributed by atoms with Crippen molar-refractivity contribution in [2.45, 2.75) is 33.2 Å². The summed E-state index contributed by atoms with van der Waals surface area (Å²) in [5.74, 6) is 0.766. The van der Waals surface area contributed by atoms with Gasteiger partial charge in [0, 0.05) is 5.02 Å². The van der Waals surface area contributed by atoms with Gasteiger partial charge in [-0.3, -0.25) is 0 Å². The van der Waals surface area contributed by atoms with E-state index in [-0.39, 0.29) is 12.4 Å². The molecule has 0 bridgehead atoms. The molecule has 1 aromatic rings. The van der Waals surface area contributed by atoms with Crippen LogP contribution >= 0.6 is 11.6 Å². The zero-order valence-electron chi connectivity index (χ0n) is 8.66. The Morgan fingerprint density at radius 2 is 1.64 bits per heavy atom. The zero-order valence-corrected chi connectivity index (χ0v) is 9.41. The van der Waals surface area contributed by atoms with Crippen LogP contribution in [0.3, 0.4) is 0 Å². The van der Waals surface area contributed by atoms with Crippen molar-refractivity contribution in [2.75, 3.05) is 0 Å². The lowest BCUT2D eigenvalue weighted by atomic mass is 10.3. The van der Waals surface area contributed by atoms with Crippen LogP contribution in [0.5, 0.6) is 5.75 Å². The summed E-state index contributed by atoms with van der Waals surface area (Å²) in [4.78, 5) is 0. The van der Waals surface area contributed by atoms with Crippen molar-refractivity contribution in [3.63, 3.8) is 0 Å². The molecule has 1 aromatic carbocycles. The number of hydrogen-bond acceptors (Lipinski definition) is 2. The third kappa shape index (κ3) is 3.99. The van der Waals surface area contributed by atoms with Crippen molar-refractivity contribution in [1.29, 1.82) is 0 Å². The Balaban J connectivity index is 2.47. The Morgan fingerprint density at radius 3 is 2.14 bits per heavy atom. The van der Waals surface area contributed by atoms with Gasteiger partial charge >= 0.3 is 0 Å². The Bertz CT molecular complexity index is 269. The molecule has 1 atom stereocenters. The SMILES string of the molecule is CC(C)OC(C)Oc1ccc(Cl)cc1. The maximum atomic E-state index is 5.75. The Kier molecular flexibility index (Phi) is 4.23. The number of rotatable bonds is 4. The average Bonchev–Trinajstić information content (AvgIpc) is 2.07. The van der Waals surface area contributed by atoms with Gasteiger partial charge in [0.05, 0.1) is 6.10 Å². The van der Waals surface area contributed by atoms with Crippen molar-refractivity contribution in [3.8, 4) is 5.75 Å². The maximum absolute atomic E-state index is 5.75. The highest BCUT2D eigenvalue weighted by Crippen LogP contribution is 2.17. The van der Waals surface area contributed by atoms with E-state index in [1.165, 1.54) is 0 Å². The molecule has 2 nitrogen and oxygen atoms in total. The smallest absolute Gasteiger partial charge is 0.197 e. The molecule has 0 aliphatic rings. The van der Waals surface area contributed by atoms with Gasteiger partial charge in [-0.1, -0.05) is 11.6 Å². The van der Waals surface area contributed by atoms with E-state index in [4.69, 9.17) is 21.1 Å². The minimum atomic E-state index is -0.240. The zero-order chi connectivity index (χ0) is 10.6. The first-order valence-electron chi connectivity index (χ1n) is 4.65. The molecule has 0 saturated carbocycles. The van der Waals surface area contributed by atoms with Crippen LogP contribution in [-0.2, 0) is 4.74 Å². The molecule has 1 unspecified atom stereocenters. The predicted octanol–water partition coefficient (Wildman–Crippen LogP) is 3.49. The molecule has 0 saturated heterocycles. The van der Waals surface area contributed by atoms with Crippen molar-refractivity contribution in [3.05, 3.63) is 29.3 Å². The molecule has 0 spiro atoms. The number of halogens is 1. The summed E-state index contributed by atoms with van der Waals surface area (Å²) in [6.07, 6.45) is -0.0755. The fourth-order valence-corrected chi connectivity index (χ4v) is 1.24. The van der Waals surface area contributed by atoms with E-state index in [0.717, 1.165) is 5.75 Å². The van der Waals surface area contributed by atoms with Gasteiger partial charge in [0.1, 0.15) is 5.75 Å². The lowest BCUT2D eigenvalue weighted by molar-refractivity contribution is -0.0950. The fraction of sp³-hybridized carbons (Fsp3) is 0.455. The molecule has 0 N–H and O–H groups in total. The third-order valence-electron chi connectivity index (χ3n) is 1.58. The lowest BCUT2D eigenvalue weighted by Gasteiger charge is -2.17. The highest BCUT2D eigenvalue weighted by atomic mass is 35.5. The van der Waals surface area contributed by atoms with Crippen molar-refractivity contribution in [2.24, 2.45) is 0 Å². The van der Waals surface area contributed by atoms with Crippen molar-refractivity contribution >= 4 is 11.6 Å². The van der Waals surface area contributed by atoms with Gasteiger partial charge in [-0.05, 0) is 45.0 Å². The molecule has 14 heavy (non-hydrogen) atoms. The first-order valence-corrected chi connectivity index (χ1v) is 5.03. The fourth-order valence-electron chi connectivity index (χ4n) is 1.12. The van der Waals surface area contributed by atoms with Gasteiger partial charge in [0.15, 0.2) is 6.29 Å². The quantitative estimate of drug-likeness (QED) is 0.715. The van der Waals surface area contributed by atoms with E-state index in [1.54, 1.807) is 12.1 Å². The first-order chi connectivity index (χ1) is 6.58. The summed E-state index contributed by atoms with van der Waals surface area (Å²) in [5, 5.41) is 0.704. The normalized spacial score (nSPS) is 12.9. The number of ether oxygens (including phenoxy) is 2. The lowest BCUT2D eigenvalue weighted by Crippen LogP contribution is -2.20. The van der Waals surface area contributed by atoms with Crippen LogP contribution in [0.25, 0.3) is 0 Å². The maximum Gasteiger partial charge on any atom is 0.197 e. The van der Waals surface area contributed by atoms with Crippen LogP contribution in [-0.4, -0.2) is 12.4 Å². The molecule has 0 radical (unpaired) electrons.